The Hall–Kier alpha value is -2.11. The van der Waals surface area contributed by atoms with Gasteiger partial charge in [0.1, 0.15) is 5.69 Å². The predicted molar refractivity (Wildman–Crippen MR) is 93.5 cm³/mol. The quantitative estimate of drug-likeness (QED) is 0.576. The van der Waals surface area contributed by atoms with Gasteiger partial charge in [0.2, 0.25) is 0 Å². The summed E-state index contributed by atoms with van der Waals surface area (Å²) in [5, 5.41) is 20.6. The van der Waals surface area contributed by atoms with Crippen LogP contribution in [0.2, 0.25) is 0 Å². The third kappa shape index (κ3) is 4.24. The molecule has 0 bridgehead atoms. The van der Waals surface area contributed by atoms with Crippen molar-refractivity contribution in [3.63, 3.8) is 0 Å². The van der Waals surface area contributed by atoms with Gasteiger partial charge in [-0.1, -0.05) is 33.8 Å². The van der Waals surface area contributed by atoms with Gasteiger partial charge in [0.05, 0.1) is 10.8 Å². The molecule has 0 aromatic heterocycles. The van der Waals surface area contributed by atoms with Gasteiger partial charge in [0.25, 0.3) is 5.69 Å². The van der Waals surface area contributed by atoms with E-state index in [1.54, 1.807) is 12.1 Å². The minimum Gasteiger partial charge on any atom is -0.481 e. The van der Waals surface area contributed by atoms with E-state index in [4.69, 9.17) is 5.11 Å². The molecule has 1 fully saturated rings. The highest BCUT2D eigenvalue weighted by Crippen LogP contribution is 2.49. The van der Waals surface area contributed by atoms with Crippen LogP contribution >= 0.6 is 0 Å². The second-order valence-electron chi connectivity index (χ2n) is 7.48. The van der Waals surface area contributed by atoms with Crippen LogP contribution in [0.25, 0.3) is 0 Å². The van der Waals surface area contributed by atoms with Gasteiger partial charge in [-0.05, 0) is 35.8 Å². The number of aliphatic carboxylic acids is 1. The minimum atomic E-state index is -0.826. The van der Waals surface area contributed by atoms with Gasteiger partial charge in [-0.15, -0.1) is 0 Å². The maximum Gasteiger partial charge on any atom is 0.307 e. The maximum absolute atomic E-state index is 11.6. The summed E-state index contributed by atoms with van der Waals surface area (Å²) < 4.78 is 0. The molecule has 132 valence electrons. The molecule has 1 saturated carbocycles. The van der Waals surface area contributed by atoms with E-state index in [2.05, 4.69) is 32.6 Å². The average molecular weight is 334 g/mol. The number of carboxylic acid groups (broad SMARTS) is 1. The largest absolute Gasteiger partial charge is 0.481 e. The van der Waals surface area contributed by atoms with Crippen LogP contribution in [-0.2, 0) is 4.79 Å². The first-order chi connectivity index (χ1) is 11.2. The zero-order valence-corrected chi connectivity index (χ0v) is 14.7. The lowest BCUT2D eigenvalue weighted by Crippen LogP contribution is -2.31. The molecule has 24 heavy (non-hydrogen) atoms. The molecule has 1 N–H and O–H groups in total. The Balaban J connectivity index is 2.34. The number of benzene rings is 1. The van der Waals surface area contributed by atoms with E-state index in [0.29, 0.717) is 23.9 Å². The topological polar surface area (TPSA) is 83.7 Å². The lowest BCUT2D eigenvalue weighted by molar-refractivity contribution is -0.384. The Morgan fingerprint density at radius 1 is 1.29 bits per heavy atom. The van der Waals surface area contributed by atoms with Gasteiger partial charge in [-0.3, -0.25) is 14.9 Å². The summed E-state index contributed by atoms with van der Waals surface area (Å²) in [4.78, 5) is 24.3. The van der Waals surface area contributed by atoms with Crippen LogP contribution in [0, 0.1) is 27.9 Å². The molecule has 1 aromatic carbocycles. The van der Waals surface area contributed by atoms with Gasteiger partial charge in [0, 0.05) is 19.2 Å². The number of hydrogen-bond donors (Lipinski definition) is 1. The second kappa shape index (κ2) is 7.20. The molecular weight excluding hydrogens is 308 g/mol. The molecule has 1 aliphatic carbocycles. The third-order valence-corrected chi connectivity index (χ3v) is 4.24. The molecule has 0 aliphatic heterocycles. The number of carboxylic acids is 1. The second-order valence-corrected chi connectivity index (χ2v) is 7.48. The zero-order valence-electron chi connectivity index (χ0n) is 14.7. The summed E-state index contributed by atoms with van der Waals surface area (Å²) in [7, 11) is 0. The first-order valence-corrected chi connectivity index (χ1v) is 8.46. The van der Waals surface area contributed by atoms with E-state index >= 15 is 0 Å². The molecule has 0 saturated heterocycles. The average Bonchev–Trinajstić information content (AvgIpc) is 3.25. The normalized spacial score (nSPS) is 19.6. The van der Waals surface area contributed by atoms with Gasteiger partial charge in [0.15, 0.2) is 0 Å². The fraction of sp³-hybridized carbons (Fsp3) is 0.611. The lowest BCUT2D eigenvalue weighted by Gasteiger charge is -2.28. The molecule has 2 atom stereocenters. The molecule has 1 aromatic rings. The Bertz CT molecular complexity index is 617. The summed E-state index contributed by atoms with van der Waals surface area (Å²) >= 11 is 0. The summed E-state index contributed by atoms with van der Waals surface area (Å²) in [5.41, 5.74) is 1.45. The standard InChI is InChI=1S/C18H26N2O4/c1-11(2)9-19(10-12(3)4)16-6-5-13(7-17(16)20(23)24)14-8-15(14)18(21)22/h5-7,11-12,14-15H,8-10H2,1-4H3,(H,21,22). The Morgan fingerprint density at radius 3 is 2.29 bits per heavy atom. The Labute approximate surface area is 142 Å². The molecule has 6 nitrogen and oxygen atoms in total. The van der Waals surface area contributed by atoms with Crippen LogP contribution in [0.4, 0.5) is 11.4 Å². The minimum absolute atomic E-state index is 0.0739. The molecule has 2 unspecified atom stereocenters. The summed E-state index contributed by atoms with van der Waals surface area (Å²) in [6.07, 6.45) is 0.563. The predicted octanol–water partition coefficient (Wildman–Crippen LogP) is 3.90. The van der Waals surface area contributed by atoms with E-state index < -0.39 is 11.9 Å². The summed E-state index contributed by atoms with van der Waals surface area (Å²) in [6.45, 7) is 9.87. The number of anilines is 1. The van der Waals surface area contributed by atoms with Gasteiger partial charge in [-0.2, -0.15) is 0 Å². The fourth-order valence-corrected chi connectivity index (χ4v) is 3.17. The van der Waals surface area contributed by atoms with Crippen molar-refractivity contribution < 1.29 is 14.8 Å². The highest BCUT2D eigenvalue weighted by molar-refractivity contribution is 5.76. The molecule has 1 aliphatic rings. The van der Waals surface area contributed by atoms with Crippen molar-refractivity contribution in [2.75, 3.05) is 18.0 Å². The monoisotopic (exact) mass is 334 g/mol. The molecule has 6 heteroatoms. The van der Waals surface area contributed by atoms with Gasteiger partial charge >= 0.3 is 5.97 Å². The number of carbonyl (C=O) groups is 1. The summed E-state index contributed by atoms with van der Waals surface area (Å²) in [5.74, 6) is -0.546. The van der Waals surface area contributed by atoms with Crippen LogP contribution in [-0.4, -0.2) is 29.1 Å². The highest BCUT2D eigenvalue weighted by Gasteiger charge is 2.44. The van der Waals surface area contributed by atoms with Crippen molar-refractivity contribution in [3.8, 4) is 0 Å². The Morgan fingerprint density at radius 2 is 1.88 bits per heavy atom. The SMILES string of the molecule is CC(C)CN(CC(C)C)c1ccc(C2CC2C(=O)O)cc1[N+](=O)[O-]. The van der Waals surface area contributed by atoms with Crippen LogP contribution in [0.5, 0.6) is 0 Å². The van der Waals surface area contributed by atoms with Crippen molar-refractivity contribution in [3.05, 3.63) is 33.9 Å². The first-order valence-electron chi connectivity index (χ1n) is 8.46. The van der Waals surface area contributed by atoms with Crippen molar-refractivity contribution in [2.45, 2.75) is 40.0 Å². The number of nitrogens with zero attached hydrogens (tertiary/aromatic N) is 2. The molecule has 0 amide bonds. The van der Waals surface area contributed by atoms with E-state index in [9.17, 15) is 14.9 Å². The van der Waals surface area contributed by atoms with Crippen molar-refractivity contribution in [1.82, 2.24) is 0 Å². The van der Waals surface area contributed by atoms with E-state index in [0.717, 1.165) is 18.7 Å². The summed E-state index contributed by atoms with van der Waals surface area (Å²) in [6, 6.07) is 5.20. The molecule has 0 heterocycles. The number of nitro benzene ring substituents is 1. The van der Waals surface area contributed by atoms with Gasteiger partial charge < -0.3 is 10.0 Å². The van der Waals surface area contributed by atoms with Crippen LogP contribution in [0.1, 0.15) is 45.6 Å². The molecule has 2 rings (SSSR count). The fourth-order valence-electron chi connectivity index (χ4n) is 3.17. The number of rotatable bonds is 8. The highest BCUT2D eigenvalue weighted by atomic mass is 16.6. The van der Waals surface area contributed by atoms with Crippen molar-refractivity contribution in [1.29, 1.82) is 0 Å². The van der Waals surface area contributed by atoms with Crippen LogP contribution in [0.15, 0.2) is 18.2 Å². The smallest absolute Gasteiger partial charge is 0.307 e. The van der Waals surface area contributed by atoms with Crippen LogP contribution < -0.4 is 4.90 Å². The van der Waals surface area contributed by atoms with Crippen LogP contribution in [0.3, 0.4) is 0 Å². The van der Waals surface area contributed by atoms with E-state index in [-0.39, 0.29) is 16.5 Å². The number of nitro groups is 1. The van der Waals surface area contributed by atoms with E-state index in [1.807, 2.05) is 6.07 Å². The number of hydrogen-bond acceptors (Lipinski definition) is 4. The first kappa shape index (κ1) is 18.2. The lowest BCUT2D eigenvalue weighted by atomic mass is 10.0. The van der Waals surface area contributed by atoms with E-state index in [1.165, 1.54) is 0 Å². The van der Waals surface area contributed by atoms with Crippen molar-refractivity contribution in [2.24, 2.45) is 17.8 Å². The maximum atomic E-state index is 11.6. The molecular formula is C18H26N2O4. The van der Waals surface area contributed by atoms with Gasteiger partial charge in [-0.25, -0.2) is 0 Å². The Kier molecular flexibility index (Phi) is 5.47. The molecule has 0 radical (unpaired) electrons. The molecule has 0 spiro atoms. The van der Waals surface area contributed by atoms with Crippen molar-refractivity contribution >= 4 is 17.3 Å². The zero-order chi connectivity index (χ0) is 18.0. The third-order valence-electron chi connectivity index (χ3n) is 4.24.